The SMILES string of the molecule is Cc1nn(C)c(=O)c(C(=O)NCc2cnc[nH]2)c1C. The van der Waals surface area contributed by atoms with Gasteiger partial charge in [-0.15, -0.1) is 0 Å². The summed E-state index contributed by atoms with van der Waals surface area (Å²) in [5.74, 6) is -0.404. The normalized spacial score (nSPS) is 10.5. The number of nitrogens with one attached hydrogen (secondary N) is 2. The Hall–Kier alpha value is -2.44. The summed E-state index contributed by atoms with van der Waals surface area (Å²) < 4.78 is 1.17. The first-order chi connectivity index (χ1) is 9.00. The molecule has 0 aliphatic carbocycles. The van der Waals surface area contributed by atoms with Crippen molar-refractivity contribution in [3.8, 4) is 0 Å². The Morgan fingerprint density at radius 1 is 1.47 bits per heavy atom. The molecular formula is C12H15N5O2. The number of aryl methyl sites for hydroxylation is 2. The smallest absolute Gasteiger partial charge is 0.279 e. The zero-order valence-corrected chi connectivity index (χ0v) is 11.0. The van der Waals surface area contributed by atoms with E-state index in [1.807, 2.05) is 0 Å². The fraction of sp³-hybridized carbons (Fsp3) is 0.333. The second-order valence-electron chi connectivity index (χ2n) is 4.27. The molecule has 1 amide bonds. The quantitative estimate of drug-likeness (QED) is 0.816. The molecule has 7 nitrogen and oxygen atoms in total. The monoisotopic (exact) mass is 261 g/mol. The number of hydrogen-bond donors (Lipinski definition) is 2. The molecule has 0 fully saturated rings. The molecule has 0 aromatic carbocycles. The molecule has 0 saturated carbocycles. The lowest BCUT2D eigenvalue weighted by atomic mass is 10.1. The molecule has 19 heavy (non-hydrogen) atoms. The van der Waals surface area contributed by atoms with Crippen LogP contribution in [0.15, 0.2) is 17.3 Å². The van der Waals surface area contributed by atoms with Crippen LogP contribution in [-0.4, -0.2) is 25.7 Å². The molecule has 0 aliphatic heterocycles. The standard InChI is InChI=1S/C12H15N5O2/c1-7-8(2)16-17(3)12(19)10(7)11(18)14-5-9-4-13-6-15-9/h4,6H,5H2,1-3H3,(H,13,15)(H,14,18). The van der Waals surface area contributed by atoms with Crippen LogP contribution in [0.2, 0.25) is 0 Å². The second kappa shape index (κ2) is 5.05. The van der Waals surface area contributed by atoms with Crippen LogP contribution < -0.4 is 10.9 Å². The van der Waals surface area contributed by atoms with Gasteiger partial charge in [-0.25, -0.2) is 9.67 Å². The van der Waals surface area contributed by atoms with Gasteiger partial charge in [-0.05, 0) is 19.4 Å². The highest BCUT2D eigenvalue weighted by atomic mass is 16.2. The zero-order valence-electron chi connectivity index (χ0n) is 11.0. The van der Waals surface area contributed by atoms with E-state index in [0.717, 1.165) is 5.69 Å². The van der Waals surface area contributed by atoms with Crippen molar-refractivity contribution < 1.29 is 4.79 Å². The first-order valence-electron chi connectivity index (χ1n) is 5.80. The van der Waals surface area contributed by atoms with Gasteiger partial charge in [-0.3, -0.25) is 9.59 Å². The van der Waals surface area contributed by atoms with Crippen molar-refractivity contribution in [2.24, 2.45) is 7.05 Å². The van der Waals surface area contributed by atoms with E-state index >= 15 is 0 Å². The largest absolute Gasteiger partial charge is 0.347 e. The van der Waals surface area contributed by atoms with Crippen molar-refractivity contribution in [1.82, 2.24) is 25.1 Å². The van der Waals surface area contributed by atoms with Crippen LogP contribution in [0.5, 0.6) is 0 Å². The van der Waals surface area contributed by atoms with E-state index in [2.05, 4.69) is 20.4 Å². The van der Waals surface area contributed by atoms with E-state index in [4.69, 9.17) is 0 Å². The molecule has 2 aromatic rings. The number of carbonyl (C=O) groups is 1. The number of H-pyrrole nitrogens is 1. The third-order valence-electron chi connectivity index (χ3n) is 2.95. The average Bonchev–Trinajstić information content (AvgIpc) is 2.87. The Bertz CT molecular complexity index is 657. The highest BCUT2D eigenvalue weighted by Crippen LogP contribution is 2.06. The van der Waals surface area contributed by atoms with Gasteiger partial charge in [0.1, 0.15) is 5.56 Å². The van der Waals surface area contributed by atoms with Crippen molar-refractivity contribution in [2.45, 2.75) is 20.4 Å². The van der Waals surface area contributed by atoms with E-state index in [9.17, 15) is 9.59 Å². The van der Waals surface area contributed by atoms with E-state index in [0.29, 0.717) is 17.8 Å². The fourth-order valence-electron chi connectivity index (χ4n) is 1.76. The minimum absolute atomic E-state index is 0.134. The Balaban J connectivity index is 2.26. The molecule has 2 N–H and O–H groups in total. The van der Waals surface area contributed by atoms with Crippen LogP contribution >= 0.6 is 0 Å². The van der Waals surface area contributed by atoms with Crippen molar-refractivity contribution in [1.29, 1.82) is 0 Å². The van der Waals surface area contributed by atoms with E-state index in [1.165, 1.54) is 18.1 Å². The van der Waals surface area contributed by atoms with Gasteiger partial charge in [0.15, 0.2) is 0 Å². The minimum Gasteiger partial charge on any atom is -0.347 e. The number of rotatable bonds is 3. The molecule has 0 unspecified atom stereocenters. The van der Waals surface area contributed by atoms with Crippen LogP contribution in [0, 0.1) is 13.8 Å². The van der Waals surface area contributed by atoms with Gasteiger partial charge < -0.3 is 10.3 Å². The number of aromatic amines is 1. The maximum atomic E-state index is 12.1. The predicted molar refractivity (Wildman–Crippen MR) is 68.7 cm³/mol. The van der Waals surface area contributed by atoms with Crippen molar-refractivity contribution in [2.75, 3.05) is 0 Å². The number of amides is 1. The number of nitrogens with zero attached hydrogens (tertiary/aromatic N) is 3. The number of hydrogen-bond acceptors (Lipinski definition) is 4. The lowest BCUT2D eigenvalue weighted by Gasteiger charge is -2.09. The van der Waals surface area contributed by atoms with Crippen molar-refractivity contribution in [3.05, 3.63) is 45.4 Å². The van der Waals surface area contributed by atoms with E-state index in [-0.39, 0.29) is 5.56 Å². The zero-order chi connectivity index (χ0) is 14.0. The third-order valence-corrected chi connectivity index (χ3v) is 2.95. The molecule has 0 aliphatic rings. The average molecular weight is 261 g/mol. The van der Waals surface area contributed by atoms with Crippen LogP contribution in [0.4, 0.5) is 0 Å². The summed E-state index contributed by atoms with van der Waals surface area (Å²) in [6, 6.07) is 0. The van der Waals surface area contributed by atoms with Gasteiger partial charge in [0.25, 0.3) is 11.5 Å². The lowest BCUT2D eigenvalue weighted by molar-refractivity contribution is 0.0947. The second-order valence-corrected chi connectivity index (χ2v) is 4.27. The lowest BCUT2D eigenvalue weighted by Crippen LogP contribution is -2.34. The Morgan fingerprint density at radius 3 is 2.84 bits per heavy atom. The molecule has 0 bridgehead atoms. The molecule has 2 aromatic heterocycles. The van der Waals surface area contributed by atoms with Crippen molar-refractivity contribution in [3.63, 3.8) is 0 Å². The molecule has 0 saturated heterocycles. The maximum absolute atomic E-state index is 12.1. The number of imidazole rings is 1. The summed E-state index contributed by atoms with van der Waals surface area (Å²) in [6.45, 7) is 3.78. The van der Waals surface area contributed by atoms with Gasteiger partial charge in [-0.1, -0.05) is 0 Å². The summed E-state index contributed by atoms with van der Waals surface area (Å²) in [5, 5.41) is 6.72. The van der Waals surface area contributed by atoms with E-state index < -0.39 is 11.5 Å². The molecular weight excluding hydrogens is 246 g/mol. The Labute approximate surface area is 109 Å². The Kier molecular flexibility index (Phi) is 3.46. The van der Waals surface area contributed by atoms with Crippen LogP contribution in [0.25, 0.3) is 0 Å². The summed E-state index contributed by atoms with van der Waals surface area (Å²) >= 11 is 0. The van der Waals surface area contributed by atoms with Gasteiger partial charge in [0.2, 0.25) is 0 Å². The molecule has 7 heteroatoms. The van der Waals surface area contributed by atoms with Gasteiger partial charge in [-0.2, -0.15) is 5.10 Å². The summed E-state index contributed by atoms with van der Waals surface area (Å²) in [6.07, 6.45) is 3.14. The van der Waals surface area contributed by atoms with E-state index in [1.54, 1.807) is 20.0 Å². The summed E-state index contributed by atoms with van der Waals surface area (Å²) in [7, 11) is 1.53. The topological polar surface area (TPSA) is 92.7 Å². The summed E-state index contributed by atoms with van der Waals surface area (Å²) in [5.41, 5.74) is 1.77. The molecule has 0 radical (unpaired) electrons. The highest BCUT2D eigenvalue weighted by Gasteiger charge is 2.17. The third kappa shape index (κ3) is 2.54. The summed E-state index contributed by atoms with van der Waals surface area (Å²) in [4.78, 5) is 30.8. The first-order valence-corrected chi connectivity index (χ1v) is 5.80. The molecule has 2 heterocycles. The van der Waals surface area contributed by atoms with Gasteiger partial charge in [0.05, 0.1) is 24.3 Å². The van der Waals surface area contributed by atoms with Crippen LogP contribution in [-0.2, 0) is 13.6 Å². The maximum Gasteiger partial charge on any atom is 0.279 e. The fourth-order valence-corrected chi connectivity index (χ4v) is 1.76. The molecule has 0 spiro atoms. The van der Waals surface area contributed by atoms with Gasteiger partial charge >= 0.3 is 0 Å². The number of carbonyl (C=O) groups excluding carboxylic acids is 1. The predicted octanol–water partition coefficient (Wildman–Crippen LogP) is 0.0502. The number of aromatic nitrogens is 4. The van der Waals surface area contributed by atoms with Crippen LogP contribution in [0.1, 0.15) is 27.3 Å². The Morgan fingerprint density at radius 2 is 2.21 bits per heavy atom. The molecule has 100 valence electrons. The first kappa shape index (κ1) is 13.0. The van der Waals surface area contributed by atoms with Crippen molar-refractivity contribution >= 4 is 5.91 Å². The van der Waals surface area contributed by atoms with Gasteiger partial charge in [0, 0.05) is 13.2 Å². The van der Waals surface area contributed by atoms with Crippen LogP contribution in [0.3, 0.4) is 0 Å². The molecule has 0 atom stereocenters. The molecule has 2 rings (SSSR count). The minimum atomic E-state index is -0.404. The highest BCUT2D eigenvalue weighted by molar-refractivity contribution is 5.95.